The predicted molar refractivity (Wildman–Crippen MR) is 132 cm³/mol. The highest BCUT2D eigenvalue weighted by atomic mass is 16.7. The minimum Gasteiger partial charge on any atom is -0.454 e. The number of benzene rings is 2. The molecule has 0 saturated heterocycles. The van der Waals surface area contributed by atoms with E-state index in [1.54, 1.807) is 0 Å². The van der Waals surface area contributed by atoms with Crippen LogP contribution in [0.25, 0.3) is 0 Å². The summed E-state index contributed by atoms with van der Waals surface area (Å²) < 4.78 is 10.9. The van der Waals surface area contributed by atoms with Gasteiger partial charge in [-0.2, -0.15) is 0 Å². The molecule has 0 spiro atoms. The van der Waals surface area contributed by atoms with E-state index in [4.69, 9.17) is 14.3 Å². The van der Waals surface area contributed by atoms with E-state index >= 15 is 0 Å². The summed E-state index contributed by atoms with van der Waals surface area (Å²) in [6, 6.07) is 12.5. The molecule has 0 radical (unpaired) electrons. The van der Waals surface area contributed by atoms with Gasteiger partial charge in [0.25, 0.3) is 0 Å². The quantitative estimate of drug-likeness (QED) is 0.609. The highest BCUT2D eigenvalue weighted by molar-refractivity contribution is 6.01. The van der Waals surface area contributed by atoms with Crippen LogP contribution in [-0.2, 0) is 21.4 Å². The molecule has 6 heteroatoms. The molecule has 1 amide bonds. The largest absolute Gasteiger partial charge is 0.454 e. The van der Waals surface area contributed by atoms with Gasteiger partial charge in [0.1, 0.15) is 6.79 Å². The number of anilines is 2. The fourth-order valence-electron chi connectivity index (χ4n) is 4.37. The summed E-state index contributed by atoms with van der Waals surface area (Å²) in [6.07, 6.45) is 3.84. The van der Waals surface area contributed by atoms with Crippen LogP contribution in [0.15, 0.2) is 36.4 Å². The molecule has 178 valence electrons. The molecule has 2 aromatic rings. The van der Waals surface area contributed by atoms with Crippen molar-refractivity contribution in [1.82, 2.24) is 0 Å². The molecule has 1 saturated carbocycles. The molecule has 5 rings (SSSR count). The zero-order valence-corrected chi connectivity index (χ0v) is 20.4. The van der Waals surface area contributed by atoms with E-state index in [9.17, 15) is 4.79 Å². The molecule has 1 unspecified atom stereocenters. The summed E-state index contributed by atoms with van der Waals surface area (Å²) in [5.41, 5.74) is 4.13. The second-order valence-electron chi connectivity index (χ2n) is 9.22. The summed E-state index contributed by atoms with van der Waals surface area (Å²) in [5, 5.41) is 6.83. The van der Waals surface area contributed by atoms with Crippen molar-refractivity contribution in [2.24, 2.45) is 5.41 Å². The van der Waals surface area contributed by atoms with Crippen LogP contribution in [0.5, 0.6) is 11.5 Å². The lowest BCUT2D eigenvalue weighted by molar-refractivity contribution is -0.118. The van der Waals surface area contributed by atoms with Crippen LogP contribution >= 0.6 is 0 Å². The monoisotopic (exact) mass is 452 g/mol. The zero-order chi connectivity index (χ0) is 24.2. The second-order valence-corrected chi connectivity index (χ2v) is 9.22. The van der Waals surface area contributed by atoms with E-state index in [2.05, 4.69) is 43.5 Å². The van der Waals surface area contributed by atoms with Gasteiger partial charge in [-0.15, -0.1) is 0 Å². The Morgan fingerprint density at radius 1 is 1.12 bits per heavy atom. The van der Waals surface area contributed by atoms with Crippen LogP contribution in [0.3, 0.4) is 0 Å². The molecule has 2 N–H and O–H groups in total. The lowest BCUT2D eigenvalue weighted by Gasteiger charge is -2.30. The molecule has 1 atom stereocenters. The number of rotatable bonds is 5. The number of amides is 1. The fraction of sp³-hybridized carbons (Fsp3) is 0.481. The van der Waals surface area contributed by atoms with Gasteiger partial charge < -0.3 is 24.9 Å². The fourth-order valence-corrected chi connectivity index (χ4v) is 4.37. The Bertz CT molecular complexity index is 998. The molecule has 1 fully saturated rings. The van der Waals surface area contributed by atoms with Crippen molar-refractivity contribution >= 4 is 24.1 Å². The minimum atomic E-state index is -0.453. The Balaban J connectivity index is 0.000000728. The van der Waals surface area contributed by atoms with Crippen LogP contribution in [0.4, 0.5) is 11.4 Å². The summed E-state index contributed by atoms with van der Waals surface area (Å²) >= 11 is 0. The molecule has 1 aliphatic carbocycles. The van der Waals surface area contributed by atoms with E-state index in [0.717, 1.165) is 48.4 Å². The van der Waals surface area contributed by atoms with Gasteiger partial charge in [0.05, 0.1) is 5.41 Å². The zero-order valence-electron chi connectivity index (χ0n) is 20.4. The third-order valence-corrected chi connectivity index (χ3v) is 7.08. The van der Waals surface area contributed by atoms with Crippen LogP contribution < -0.4 is 20.1 Å². The summed E-state index contributed by atoms with van der Waals surface area (Å²) in [4.78, 5) is 21.2. The molecular weight excluding hydrogens is 416 g/mol. The first-order valence-corrected chi connectivity index (χ1v) is 11.8. The van der Waals surface area contributed by atoms with Gasteiger partial charge in [-0.1, -0.05) is 40.7 Å². The SMILES string of the molecule is C=O.CC.CCC(C)(C)C1Cc2cc(NC(=O)C3(c4ccc5c(c4)OCO5)CC3)ccc2N1. The first kappa shape index (κ1) is 24.6. The second kappa shape index (κ2) is 9.86. The van der Waals surface area contributed by atoms with Gasteiger partial charge in [0.15, 0.2) is 11.5 Å². The van der Waals surface area contributed by atoms with Crippen molar-refractivity contribution in [3.8, 4) is 11.5 Å². The van der Waals surface area contributed by atoms with Crippen LogP contribution in [0, 0.1) is 5.41 Å². The average Bonchev–Trinajstić information content (AvgIpc) is 3.33. The van der Waals surface area contributed by atoms with Crippen molar-refractivity contribution in [3.63, 3.8) is 0 Å². The minimum absolute atomic E-state index is 0.0627. The molecule has 2 aromatic carbocycles. The third-order valence-electron chi connectivity index (χ3n) is 7.08. The molecule has 2 heterocycles. The first-order chi connectivity index (χ1) is 15.9. The third kappa shape index (κ3) is 4.70. The highest BCUT2D eigenvalue weighted by Crippen LogP contribution is 2.51. The number of fused-ring (bicyclic) bond motifs is 2. The Morgan fingerprint density at radius 3 is 2.48 bits per heavy atom. The predicted octanol–water partition coefficient (Wildman–Crippen LogP) is 5.70. The number of carbonyl (C=O) groups excluding carboxylic acids is 2. The number of ether oxygens (including phenoxy) is 2. The molecule has 0 aromatic heterocycles. The summed E-state index contributed by atoms with van der Waals surface area (Å²) in [5.74, 6) is 1.54. The maximum Gasteiger partial charge on any atom is 0.235 e. The van der Waals surface area contributed by atoms with E-state index in [-0.39, 0.29) is 18.1 Å². The Kier molecular flexibility index (Phi) is 7.35. The van der Waals surface area contributed by atoms with E-state index in [1.807, 2.05) is 44.9 Å². The number of hydrogen-bond acceptors (Lipinski definition) is 5. The van der Waals surface area contributed by atoms with Crippen molar-refractivity contribution in [2.45, 2.75) is 71.8 Å². The van der Waals surface area contributed by atoms with Crippen molar-refractivity contribution in [1.29, 1.82) is 0 Å². The molecule has 6 nitrogen and oxygen atoms in total. The van der Waals surface area contributed by atoms with Crippen molar-refractivity contribution in [2.75, 3.05) is 17.4 Å². The van der Waals surface area contributed by atoms with Gasteiger partial charge in [0.2, 0.25) is 12.7 Å². The Morgan fingerprint density at radius 2 is 1.82 bits per heavy atom. The van der Waals surface area contributed by atoms with Crippen LogP contribution in [0.1, 0.15) is 65.0 Å². The van der Waals surface area contributed by atoms with Gasteiger partial charge >= 0.3 is 0 Å². The molecule has 33 heavy (non-hydrogen) atoms. The maximum absolute atomic E-state index is 13.2. The highest BCUT2D eigenvalue weighted by Gasteiger charge is 2.51. The Hall–Kier alpha value is -3.02. The van der Waals surface area contributed by atoms with Gasteiger partial charge in [-0.25, -0.2) is 0 Å². The lowest BCUT2D eigenvalue weighted by atomic mass is 9.80. The van der Waals surface area contributed by atoms with Gasteiger partial charge in [0, 0.05) is 17.4 Å². The Labute approximate surface area is 197 Å². The van der Waals surface area contributed by atoms with E-state index < -0.39 is 5.41 Å². The number of hydrogen-bond donors (Lipinski definition) is 2. The maximum atomic E-state index is 13.2. The normalized spacial score (nSPS) is 18.5. The number of carbonyl (C=O) groups is 2. The van der Waals surface area contributed by atoms with E-state index in [1.165, 1.54) is 11.3 Å². The van der Waals surface area contributed by atoms with Crippen LogP contribution in [0.2, 0.25) is 0 Å². The molecule has 3 aliphatic rings. The molecule has 0 bridgehead atoms. The number of nitrogens with one attached hydrogen (secondary N) is 2. The molecular formula is C27H36N2O4. The van der Waals surface area contributed by atoms with Crippen LogP contribution in [-0.4, -0.2) is 25.5 Å². The lowest BCUT2D eigenvalue weighted by Crippen LogP contribution is -2.33. The van der Waals surface area contributed by atoms with Crippen molar-refractivity contribution < 1.29 is 19.1 Å². The standard InChI is InChI=1S/C24H28N2O3.C2H6.CH2O/c1-4-23(2,3)21-12-15-11-17(6-7-18(15)26-21)25-22(27)24(9-10-24)16-5-8-19-20(13-16)29-14-28-19;2*1-2/h5-8,11,13,21,26H,4,9-10,12,14H2,1-3H3,(H,25,27);1-2H3;1H2. The van der Waals surface area contributed by atoms with Crippen molar-refractivity contribution in [3.05, 3.63) is 47.5 Å². The van der Waals surface area contributed by atoms with Gasteiger partial charge in [-0.3, -0.25) is 4.79 Å². The topological polar surface area (TPSA) is 76.7 Å². The first-order valence-electron chi connectivity index (χ1n) is 11.8. The molecule has 2 aliphatic heterocycles. The average molecular weight is 453 g/mol. The van der Waals surface area contributed by atoms with Gasteiger partial charge in [-0.05, 0) is 72.6 Å². The summed E-state index contributed by atoms with van der Waals surface area (Å²) in [6.45, 7) is 13.1. The summed E-state index contributed by atoms with van der Waals surface area (Å²) in [7, 11) is 0. The van der Waals surface area contributed by atoms with E-state index in [0.29, 0.717) is 6.04 Å². The smallest absolute Gasteiger partial charge is 0.235 e.